The van der Waals surface area contributed by atoms with Crippen molar-refractivity contribution < 1.29 is 9.53 Å². The zero-order chi connectivity index (χ0) is 9.52. The topological polar surface area (TPSA) is 26.3 Å². The number of unbranched alkanes of at least 4 members (excludes halogenated alkanes) is 1. The third-order valence-electron chi connectivity index (χ3n) is 1.92. The molecular weight excluding hydrogens is 164 g/mol. The number of para-hydroxylation sites is 1. The number of hydrogen-bond acceptors (Lipinski definition) is 2. The van der Waals surface area contributed by atoms with Crippen LogP contribution in [0, 0.1) is 0 Å². The quantitative estimate of drug-likeness (QED) is 0.690. The summed E-state index contributed by atoms with van der Waals surface area (Å²) >= 11 is 0. The Morgan fingerprint density at radius 1 is 1.38 bits per heavy atom. The van der Waals surface area contributed by atoms with E-state index in [1.165, 1.54) is 6.47 Å². The van der Waals surface area contributed by atoms with Gasteiger partial charge >= 0.3 is 6.47 Å². The van der Waals surface area contributed by atoms with E-state index in [1.54, 1.807) is 6.07 Å². The Morgan fingerprint density at radius 2 is 2.15 bits per heavy atom. The van der Waals surface area contributed by atoms with Crippen molar-refractivity contribution in [1.29, 1.82) is 0 Å². The van der Waals surface area contributed by atoms with Gasteiger partial charge in [0.2, 0.25) is 0 Å². The molecule has 2 nitrogen and oxygen atoms in total. The molecule has 1 radical (unpaired) electrons. The molecule has 0 bridgehead atoms. The molecule has 0 heterocycles. The summed E-state index contributed by atoms with van der Waals surface area (Å²) in [6.45, 7) is 3.59. The van der Waals surface area contributed by atoms with E-state index in [9.17, 15) is 4.79 Å². The third-order valence-corrected chi connectivity index (χ3v) is 1.92. The zero-order valence-corrected chi connectivity index (χ0v) is 7.75. The van der Waals surface area contributed by atoms with Gasteiger partial charge in [0.1, 0.15) is 5.75 Å². The SMILES string of the molecule is CCCCc1ccccc1O[C]=O. The second-order valence-corrected chi connectivity index (χ2v) is 2.90. The number of benzene rings is 1. The standard InChI is InChI=1S/C11H13O2/c1-2-3-6-10-7-4-5-8-11(10)13-9-12/h4-5,7-8H,2-3,6H2,1H3. The van der Waals surface area contributed by atoms with Crippen molar-refractivity contribution in [2.45, 2.75) is 26.2 Å². The molecule has 0 aromatic heterocycles. The Labute approximate surface area is 78.5 Å². The normalized spacial score (nSPS) is 9.62. The van der Waals surface area contributed by atoms with Crippen molar-refractivity contribution in [3.63, 3.8) is 0 Å². The zero-order valence-electron chi connectivity index (χ0n) is 7.75. The molecule has 0 aliphatic heterocycles. The lowest BCUT2D eigenvalue weighted by molar-refractivity contribution is 0.439. The Bertz CT molecular complexity index is 269. The molecule has 0 N–H and O–H groups in total. The summed E-state index contributed by atoms with van der Waals surface area (Å²) in [5.74, 6) is 0.631. The van der Waals surface area contributed by atoms with E-state index in [0.29, 0.717) is 5.75 Å². The van der Waals surface area contributed by atoms with E-state index in [-0.39, 0.29) is 0 Å². The second-order valence-electron chi connectivity index (χ2n) is 2.90. The summed E-state index contributed by atoms with van der Waals surface area (Å²) in [5.41, 5.74) is 1.08. The number of ether oxygens (including phenoxy) is 1. The number of carbonyl (C=O) groups excluding carboxylic acids is 1. The van der Waals surface area contributed by atoms with Gasteiger partial charge in [0.05, 0.1) is 0 Å². The predicted octanol–water partition coefficient (Wildman–Crippen LogP) is 2.48. The minimum Gasteiger partial charge on any atom is -0.418 e. The molecule has 0 spiro atoms. The molecule has 0 aliphatic carbocycles. The summed E-state index contributed by atoms with van der Waals surface area (Å²) in [5, 5.41) is 0. The Morgan fingerprint density at radius 3 is 2.85 bits per heavy atom. The molecule has 0 saturated carbocycles. The van der Waals surface area contributed by atoms with Crippen LogP contribution in [0.2, 0.25) is 0 Å². The van der Waals surface area contributed by atoms with Crippen LogP contribution in [0.15, 0.2) is 24.3 Å². The van der Waals surface area contributed by atoms with E-state index in [1.807, 2.05) is 18.2 Å². The second kappa shape index (κ2) is 5.36. The van der Waals surface area contributed by atoms with Crippen LogP contribution in [0.4, 0.5) is 0 Å². The van der Waals surface area contributed by atoms with Crippen LogP contribution >= 0.6 is 0 Å². The molecule has 0 unspecified atom stereocenters. The molecule has 0 amide bonds. The van der Waals surface area contributed by atoms with Gasteiger partial charge in [0, 0.05) is 0 Å². The average molecular weight is 177 g/mol. The molecule has 2 heteroatoms. The first-order valence-electron chi connectivity index (χ1n) is 4.50. The van der Waals surface area contributed by atoms with Gasteiger partial charge in [-0.3, -0.25) is 0 Å². The molecule has 13 heavy (non-hydrogen) atoms. The molecule has 69 valence electrons. The van der Waals surface area contributed by atoms with Crippen molar-refractivity contribution in [3.8, 4) is 5.75 Å². The van der Waals surface area contributed by atoms with Crippen molar-refractivity contribution >= 4 is 6.47 Å². The summed E-state index contributed by atoms with van der Waals surface area (Å²) in [4.78, 5) is 10.1. The van der Waals surface area contributed by atoms with Crippen LogP contribution in [-0.4, -0.2) is 6.47 Å². The highest BCUT2D eigenvalue weighted by Crippen LogP contribution is 2.19. The minimum absolute atomic E-state index is 0.631. The fourth-order valence-electron chi connectivity index (χ4n) is 1.22. The number of hydrogen-bond donors (Lipinski definition) is 0. The maximum atomic E-state index is 10.1. The molecule has 0 fully saturated rings. The summed E-state index contributed by atoms with van der Waals surface area (Å²) in [6, 6.07) is 7.56. The van der Waals surface area contributed by atoms with E-state index >= 15 is 0 Å². The van der Waals surface area contributed by atoms with Crippen LogP contribution in [-0.2, 0) is 11.2 Å². The molecule has 0 saturated heterocycles. The summed E-state index contributed by atoms with van der Waals surface area (Å²) < 4.78 is 4.73. The molecule has 0 atom stereocenters. The number of aryl methyl sites for hydroxylation is 1. The maximum Gasteiger partial charge on any atom is 0.423 e. The van der Waals surface area contributed by atoms with Gasteiger partial charge in [0.15, 0.2) is 0 Å². The monoisotopic (exact) mass is 177 g/mol. The Kier molecular flexibility index (Phi) is 4.03. The van der Waals surface area contributed by atoms with Gasteiger partial charge in [-0.2, -0.15) is 0 Å². The van der Waals surface area contributed by atoms with Crippen LogP contribution in [0.3, 0.4) is 0 Å². The highest BCUT2D eigenvalue weighted by Gasteiger charge is 2.01. The van der Waals surface area contributed by atoms with Gasteiger partial charge in [-0.15, -0.1) is 0 Å². The first kappa shape index (κ1) is 9.78. The minimum atomic E-state index is 0.631. The van der Waals surface area contributed by atoms with Crippen LogP contribution in [0.1, 0.15) is 25.3 Å². The van der Waals surface area contributed by atoms with Crippen molar-refractivity contribution in [3.05, 3.63) is 29.8 Å². The Hall–Kier alpha value is -1.31. The van der Waals surface area contributed by atoms with Crippen LogP contribution in [0.25, 0.3) is 0 Å². The molecule has 1 rings (SSSR count). The number of rotatable bonds is 5. The molecule has 0 aliphatic rings. The predicted molar refractivity (Wildman–Crippen MR) is 51.4 cm³/mol. The molecular formula is C11H13O2. The first-order chi connectivity index (χ1) is 6.38. The van der Waals surface area contributed by atoms with E-state index < -0.39 is 0 Å². The maximum absolute atomic E-state index is 10.1. The van der Waals surface area contributed by atoms with Crippen molar-refractivity contribution in [2.24, 2.45) is 0 Å². The summed E-state index contributed by atoms with van der Waals surface area (Å²) in [7, 11) is 0. The van der Waals surface area contributed by atoms with Crippen molar-refractivity contribution in [1.82, 2.24) is 0 Å². The van der Waals surface area contributed by atoms with Gasteiger partial charge in [-0.1, -0.05) is 31.5 Å². The van der Waals surface area contributed by atoms with E-state index in [0.717, 1.165) is 24.8 Å². The molecule has 1 aromatic carbocycles. The lowest BCUT2D eigenvalue weighted by Gasteiger charge is -2.04. The van der Waals surface area contributed by atoms with Crippen LogP contribution in [0.5, 0.6) is 5.75 Å². The van der Waals surface area contributed by atoms with E-state index in [2.05, 4.69) is 6.92 Å². The average Bonchev–Trinajstić information content (AvgIpc) is 2.17. The lowest BCUT2D eigenvalue weighted by atomic mass is 10.1. The van der Waals surface area contributed by atoms with Gasteiger partial charge < -0.3 is 4.74 Å². The third kappa shape index (κ3) is 2.90. The smallest absolute Gasteiger partial charge is 0.418 e. The van der Waals surface area contributed by atoms with Gasteiger partial charge in [0.25, 0.3) is 0 Å². The highest BCUT2D eigenvalue weighted by atomic mass is 16.5. The lowest BCUT2D eigenvalue weighted by Crippen LogP contribution is -1.94. The van der Waals surface area contributed by atoms with Crippen LogP contribution < -0.4 is 4.74 Å². The van der Waals surface area contributed by atoms with Gasteiger partial charge in [-0.05, 0) is 24.5 Å². The van der Waals surface area contributed by atoms with E-state index in [4.69, 9.17) is 4.74 Å². The summed E-state index contributed by atoms with van der Waals surface area (Å²) in [6.07, 6.45) is 3.20. The fourth-order valence-corrected chi connectivity index (χ4v) is 1.22. The largest absolute Gasteiger partial charge is 0.423 e. The fraction of sp³-hybridized carbons (Fsp3) is 0.364. The van der Waals surface area contributed by atoms with Crippen molar-refractivity contribution in [2.75, 3.05) is 0 Å². The van der Waals surface area contributed by atoms with Gasteiger partial charge in [-0.25, -0.2) is 4.79 Å². The first-order valence-corrected chi connectivity index (χ1v) is 4.50. The highest BCUT2D eigenvalue weighted by molar-refractivity contribution is 5.48. The molecule has 1 aromatic rings. The Balaban J connectivity index is 2.71.